The van der Waals surface area contributed by atoms with Crippen molar-refractivity contribution in [2.45, 2.75) is 64.8 Å². The summed E-state index contributed by atoms with van der Waals surface area (Å²) in [7, 11) is 1.25. The number of Topliss-reactive ketones (excluding diaryl/α,β-unsaturated/α-hetero) is 1. The van der Waals surface area contributed by atoms with Crippen LogP contribution in [0.1, 0.15) is 62.9 Å². The molecule has 0 saturated heterocycles. The molecule has 1 saturated carbocycles. The Morgan fingerprint density at radius 1 is 1.00 bits per heavy atom. The van der Waals surface area contributed by atoms with Gasteiger partial charge in [0.25, 0.3) is 0 Å². The number of esters is 3. The van der Waals surface area contributed by atoms with Gasteiger partial charge in [0.15, 0.2) is 5.78 Å². The predicted molar refractivity (Wildman–Crippen MR) is 110 cm³/mol. The maximum atomic E-state index is 13.0. The van der Waals surface area contributed by atoms with E-state index in [1.807, 2.05) is 0 Å². The van der Waals surface area contributed by atoms with Crippen molar-refractivity contribution in [2.24, 2.45) is 11.8 Å². The highest BCUT2D eigenvalue weighted by molar-refractivity contribution is 6.03. The lowest BCUT2D eigenvalue weighted by molar-refractivity contribution is -0.176. The second-order valence-electron chi connectivity index (χ2n) is 8.57. The van der Waals surface area contributed by atoms with Crippen LogP contribution in [-0.2, 0) is 28.6 Å². The van der Waals surface area contributed by atoms with Crippen molar-refractivity contribution in [3.63, 3.8) is 0 Å². The average molecular weight is 434 g/mol. The molecule has 8 nitrogen and oxygen atoms in total. The lowest BCUT2D eigenvalue weighted by Crippen LogP contribution is -2.55. The normalized spacial score (nSPS) is 26.0. The molecule has 31 heavy (non-hydrogen) atoms. The van der Waals surface area contributed by atoms with Crippen molar-refractivity contribution in [3.05, 3.63) is 35.4 Å². The number of carbonyl (C=O) groups excluding carboxylic acids is 4. The Morgan fingerprint density at radius 3 is 2.00 bits per heavy atom. The number of carbonyl (C=O) groups is 4. The molecule has 4 atom stereocenters. The highest BCUT2D eigenvalue weighted by Gasteiger charge is 2.57. The van der Waals surface area contributed by atoms with Crippen LogP contribution >= 0.6 is 0 Å². The molecule has 1 aliphatic carbocycles. The van der Waals surface area contributed by atoms with Gasteiger partial charge in [-0.1, -0.05) is 12.1 Å². The van der Waals surface area contributed by atoms with Crippen molar-refractivity contribution < 1.29 is 38.5 Å². The van der Waals surface area contributed by atoms with Gasteiger partial charge in [-0.2, -0.15) is 0 Å². The number of aliphatic hydroxyl groups is 1. The van der Waals surface area contributed by atoms with Crippen molar-refractivity contribution in [1.29, 1.82) is 0 Å². The van der Waals surface area contributed by atoms with E-state index < -0.39 is 59.3 Å². The molecule has 0 bridgehead atoms. The molecule has 170 valence electrons. The zero-order valence-electron chi connectivity index (χ0n) is 18.7. The number of ketones is 1. The van der Waals surface area contributed by atoms with Gasteiger partial charge in [0.05, 0.1) is 36.4 Å². The summed E-state index contributed by atoms with van der Waals surface area (Å²) < 4.78 is 15.4. The lowest BCUT2D eigenvalue weighted by Gasteiger charge is -2.44. The number of hydrogen-bond acceptors (Lipinski definition) is 8. The van der Waals surface area contributed by atoms with Crippen molar-refractivity contribution in [2.75, 3.05) is 7.11 Å². The van der Waals surface area contributed by atoms with Crippen LogP contribution in [0.5, 0.6) is 0 Å². The molecule has 0 amide bonds. The first-order valence-electron chi connectivity index (χ1n) is 10.2. The molecule has 0 spiro atoms. The monoisotopic (exact) mass is 434 g/mol. The van der Waals surface area contributed by atoms with Crippen molar-refractivity contribution >= 4 is 23.7 Å². The van der Waals surface area contributed by atoms with E-state index in [0.29, 0.717) is 5.56 Å². The van der Waals surface area contributed by atoms with Crippen LogP contribution in [0.15, 0.2) is 24.3 Å². The van der Waals surface area contributed by atoms with E-state index in [1.165, 1.54) is 38.3 Å². The average Bonchev–Trinajstić information content (AvgIpc) is 2.64. The number of hydrogen-bond donors (Lipinski definition) is 1. The summed E-state index contributed by atoms with van der Waals surface area (Å²) in [6.45, 7) is 8.05. The van der Waals surface area contributed by atoms with E-state index in [4.69, 9.17) is 14.2 Å². The van der Waals surface area contributed by atoms with Gasteiger partial charge in [-0.15, -0.1) is 0 Å². The molecule has 1 aromatic rings. The predicted octanol–water partition coefficient (Wildman–Crippen LogP) is 2.42. The number of methoxy groups -OCH3 is 1. The molecular formula is C23H30O8. The zero-order chi connectivity index (χ0) is 23.5. The second kappa shape index (κ2) is 9.60. The summed E-state index contributed by atoms with van der Waals surface area (Å²) in [6.07, 6.45) is -1.31. The van der Waals surface area contributed by atoms with Gasteiger partial charge < -0.3 is 19.3 Å². The van der Waals surface area contributed by atoms with Gasteiger partial charge in [0, 0.05) is 12.3 Å². The van der Waals surface area contributed by atoms with E-state index >= 15 is 0 Å². The summed E-state index contributed by atoms with van der Waals surface area (Å²) in [5.41, 5.74) is -1.04. The van der Waals surface area contributed by atoms with Crippen LogP contribution in [-0.4, -0.2) is 53.7 Å². The van der Waals surface area contributed by atoms with E-state index in [-0.39, 0.29) is 12.0 Å². The summed E-state index contributed by atoms with van der Waals surface area (Å²) in [5, 5.41) is 11.0. The van der Waals surface area contributed by atoms with Crippen LogP contribution < -0.4 is 0 Å². The summed E-state index contributed by atoms with van der Waals surface area (Å²) in [4.78, 5) is 50.6. The first kappa shape index (κ1) is 24.5. The van der Waals surface area contributed by atoms with Gasteiger partial charge in [-0.3, -0.25) is 14.4 Å². The molecule has 0 unspecified atom stereocenters. The molecular weight excluding hydrogens is 404 g/mol. The van der Waals surface area contributed by atoms with E-state index in [1.54, 1.807) is 27.7 Å². The number of benzene rings is 1. The highest BCUT2D eigenvalue weighted by atomic mass is 16.5. The molecule has 1 fully saturated rings. The number of rotatable bonds is 6. The van der Waals surface area contributed by atoms with Gasteiger partial charge in [0.2, 0.25) is 0 Å². The van der Waals surface area contributed by atoms with Crippen LogP contribution in [0.25, 0.3) is 0 Å². The fourth-order valence-corrected chi connectivity index (χ4v) is 3.99. The first-order valence-corrected chi connectivity index (χ1v) is 10.2. The Balaban J connectivity index is 2.61. The SMILES string of the molecule is COC(=O)c1ccc([C@@H]2[C@H](C(=O)OC(C)C)C(=O)C[C@@](C)(O)[C@@H]2C(=O)OC(C)C)cc1. The summed E-state index contributed by atoms with van der Waals surface area (Å²) in [6, 6.07) is 6.03. The van der Waals surface area contributed by atoms with Gasteiger partial charge in [-0.25, -0.2) is 4.79 Å². The lowest BCUT2D eigenvalue weighted by atomic mass is 9.61. The molecule has 1 aromatic carbocycles. The van der Waals surface area contributed by atoms with Crippen molar-refractivity contribution in [1.82, 2.24) is 0 Å². The number of ether oxygens (including phenoxy) is 3. The minimum absolute atomic E-state index is 0.266. The Morgan fingerprint density at radius 2 is 1.52 bits per heavy atom. The molecule has 0 radical (unpaired) electrons. The van der Waals surface area contributed by atoms with Crippen LogP contribution in [0.4, 0.5) is 0 Å². The van der Waals surface area contributed by atoms with Crippen LogP contribution in [0, 0.1) is 11.8 Å². The quantitative estimate of drug-likeness (QED) is 0.412. The molecule has 2 rings (SSSR count). The minimum Gasteiger partial charge on any atom is -0.465 e. The third-order valence-corrected chi connectivity index (χ3v) is 5.20. The summed E-state index contributed by atoms with van der Waals surface area (Å²) >= 11 is 0. The Kier molecular flexibility index (Phi) is 7.59. The molecule has 8 heteroatoms. The van der Waals surface area contributed by atoms with E-state index in [2.05, 4.69) is 0 Å². The van der Waals surface area contributed by atoms with Gasteiger partial charge in [-0.05, 0) is 52.3 Å². The molecule has 0 aromatic heterocycles. The highest BCUT2D eigenvalue weighted by Crippen LogP contribution is 2.47. The maximum Gasteiger partial charge on any atom is 0.337 e. The molecule has 1 aliphatic rings. The Bertz CT molecular complexity index is 830. The maximum absolute atomic E-state index is 13.0. The smallest absolute Gasteiger partial charge is 0.337 e. The first-order chi connectivity index (χ1) is 14.4. The Labute approximate surface area is 181 Å². The van der Waals surface area contributed by atoms with Crippen LogP contribution in [0.3, 0.4) is 0 Å². The van der Waals surface area contributed by atoms with E-state index in [9.17, 15) is 24.3 Å². The van der Waals surface area contributed by atoms with Gasteiger partial charge in [0.1, 0.15) is 5.92 Å². The van der Waals surface area contributed by atoms with E-state index in [0.717, 1.165) is 0 Å². The third-order valence-electron chi connectivity index (χ3n) is 5.20. The molecule has 1 N–H and O–H groups in total. The topological polar surface area (TPSA) is 116 Å². The van der Waals surface area contributed by atoms with Crippen LogP contribution in [0.2, 0.25) is 0 Å². The van der Waals surface area contributed by atoms with Gasteiger partial charge >= 0.3 is 17.9 Å². The largest absolute Gasteiger partial charge is 0.465 e. The standard InChI is InChI=1S/C23H30O8/c1-12(2)30-21(26)18-16(24)11-23(5,28)19(22(27)31-13(3)4)17(18)14-7-9-15(10-8-14)20(25)29-6/h7-10,12-13,17-19,28H,11H2,1-6H3/t17-,18-,19+,23-/m1/s1. The second-order valence-corrected chi connectivity index (χ2v) is 8.57. The molecule has 0 aliphatic heterocycles. The summed E-state index contributed by atoms with van der Waals surface area (Å²) in [5.74, 6) is -6.06. The molecule has 0 heterocycles. The minimum atomic E-state index is -1.73. The Hall–Kier alpha value is -2.74. The third kappa shape index (κ3) is 5.50. The van der Waals surface area contributed by atoms with Crippen molar-refractivity contribution in [3.8, 4) is 0 Å². The fourth-order valence-electron chi connectivity index (χ4n) is 3.99. The fraction of sp³-hybridized carbons (Fsp3) is 0.565. The zero-order valence-corrected chi connectivity index (χ0v) is 18.7.